The third kappa shape index (κ3) is 3.54. The molecule has 4 aromatic rings. The number of fused-ring (bicyclic) bond motifs is 1. The molecular weight excluding hydrogens is 412 g/mol. The van der Waals surface area contributed by atoms with Crippen molar-refractivity contribution < 1.29 is 0 Å². The summed E-state index contributed by atoms with van der Waals surface area (Å²) in [5, 5.41) is 0. The summed E-state index contributed by atoms with van der Waals surface area (Å²) in [5.74, 6) is 0. The highest BCUT2D eigenvalue weighted by molar-refractivity contribution is 5.80. The minimum atomic E-state index is 0.00124. The summed E-state index contributed by atoms with van der Waals surface area (Å²) in [6.07, 6.45) is 0. The molecule has 2 nitrogen and oxygen atoms in total. The summed E-state index contributed by atoms with van der Waals surface area (Å²) >= 11 is 0. The van der Waals surface area contributed by atoms with Crippen LogP contribution >= 0.6 is 0 Å². The molecule has 172 valence electrons. The van der Waals surface area contributed by atoms with Crippen LogP contribution < -0.4 is 4.90 Å². The van der Waals surface area contributed by atoms with E-state index in [1.165, 1.54) is 33.5 Å². The number of aryl methyl sites for hydroxylation is 1. The van der Waals surface area contributed by atoms with Gasteiger partial charge in [0, 0.05) is 28.1 Å². The standard InChI is InChI=1S/C32H34N2/c1-23-21-24(25-17-19-28-29(22-25)32(4,5)33(6)31(28,2)3)18-20-30(23)34(26-13-9-7-10-14-26)27-15-11-8-12-16-27/h7-22H,1-6H3. The monoisotopic (exact) mass is 446 g/mol. The van der Waals surface area contributed by atoms with Gasteiger partial charge in [-0.05, 0) is 112 Å². The zero-order valence-electron chi connectivity index (χ0n) is 21.1. The Bertz CT molecular complexity index is 1280. The van der Waals surface area contributed by atoms with Crippen molar-refractivity contribution >= 4 is 17.1 Å². The van der Waals surface area contributed by atoms with Gasteiger partial charge < -0.3 is 4.90 Å². The number of para-hydroxylation sites is 2. The van der Waals surface area contributed by atoms with Crippen LogP contribution in [0.15, 0.2) is 97.1 Å². The van der Waals surface area contributed by atoms with Crippen LogP contribution in [0.25, 0.3) is 11.1 Å². The first-order valence-electron chi connectivity index (χ1n) is 12.1. The predicted molar refractivity (Wildman–Crippen MR) is 145 cm³/mol. The molecule has 34 heavy (non-hydrogen) atoms. The van der Waals surface area contributed by atoms with Crippen molar-refractivity contribution in [2.75, 3.05) is 11.9 Å². The van der Waals surface area contributed by atoms with E-state index in [2.05, 4.69) is 149 Å². The Balaban J connectivity index is 1.58. The van der Waals surface area contributed by atoms with E-state index in [9.17, 15) is 0 Å². The Morgan fingerprint density at radius 2 is 1.09 bits per heavy atom. The molecular formula is C32H34N2. The molecule has 0 N–H and O–H groups in total. The fourth-order valence-corrected chi connectivity index (χ4v) is 5.49. The molecule has 2 heteroatoms. The van der Waals surface area contributed by atoms with Gasteiger partial charge in [-0.2, -0.15) is 0 Å². The van der Waals surface area contributed by atoms with Gasteiger partial charge in [0.2, 0.25) is 0 Å². The zero-order chi connectivity index (χ0) is 24.1. The van der Waals surface area contributed by atoms with Crippen LogP contribution in [0, 0.1) is 6.92 Å². The molecule has 1 aliphatic heterocycles. The highest BCUT2D eigenvalue weighted by Gasteiger charge is 2.46. The SMILES string of the molecule is Cc1cc(-c2ccc3c(c2)C(C)(C)N(C)C3(C)C)ccc1N(c1ccccc1)c1ccccc1. The van der Waals surface area contributed by atoms with E-state index in [-0.39, 0.29) is 11.1 Å². The number of hydrogen-bond acceptors (Lipinski definition) is 2. The van der Waals surface area contributed by atoms with Gasteiger partial charge in [0.15, 0.2) is 0 Å². The van der Waals surface area contributed by atoms with Crippen LogP contribution in [0.3, 0.4) is 0 Å². The molecule has 0 unspecified atom stereocenters. The first-order valence-corrected chi connectivity index (χ1v) is 12.1. The Labute approximate surface area is 204 Å². The molecule has 5 rings (SSSR count). The molecule has 0 saturated carbocycles. The van der Waals surface area contributed by atoms with Crippen molar-refractivity contribution in [3.8, 4) is 11.1 Å². The zero-order valence-corrected chi connectivity index (χ0v) is 21.1. The maximum atomic E-state index is 2.49. The van der Waals surface area contributed by atoms with Gasteiger partial charge in [-0.25, -0.2) is 0 Å². The second-order valence-electron chi connectivity index (χ2n) is 10.4. The molecule has 1 heterocycles. The maximum absolute atomic E-state index is 2.49. The van der Waals surface area contributed by atoms with Crippen molar-refractivity contribution in [3.63, 3.8) is 0 Å². The molecule has 0 aliphatic carbocycles. The fraction of sp³-hybridized carbons (Fsp3) is 0.250. The molecule has 0 atom stereocenters. The second kappa shape index (κ2) is 8.14. The third-order valence-electron chi connectivity index (χ3n) is 7.81. The van der Waals surface area contributed by atoms with E-state index in [1.807, 2.05) is 0 Å². The molecule has 0 amide bonds. The second-order valence-corrected chi connectivity index (χ2v) is 10.4. The highest BCUT2D eigenvalue weighted by atomic mass is 15.2. The summed E-state index contributed by atoms with van der Waals surface area (Å²) in [6.45, 7) is 11.5. The van der Waals surface area contributed by atoms with Crippen LogP contribution in [0.1, 0.15) is 44.4 Å². The van der Waals surface area contributed by atoms with Crippen molar-refractivity contribution in [2.24, 2.45) is 0 Å². The molecule has 0 saturated heterocycles. The Kier molecular flexibility index (Phi) is 5.37. The first kappa shape index (κ1) is 22.4. The molecule has 0 fully saturated rings. The van der Waals surface area contributed by atoms with E-state index in [0.717, 1.165) is 11.4 Å². The predicted octanol–water partition coefficient (Wildman–Crippen LogP) is 8.55. The highest BCUT2D eigenvalue weighted by Crippen LogP contribution is 2.49. The van der Waals surface area contributed by atoms with Crippen LogP contribution in [0.5, 0.6) is 0 Å². The Hall–Kier alpha value is -3.36. The summed E-state index contributed by atoms with van der Waals surface area (Å²) in [4.78, 5) is 4.82. The van der Waals surface area contributed by atoms with Crippen molar-refractivity contribution in [2.45, 2.75) is 45.7 Å². The minimum absolute atomic E-state index is 0.00124. The average Bonchev–Trinajstić information content (AvgIpc) is 2.98. The van der Waals surface area contributed by atoms with E-state index in [1.54, 1.807) is 0 Å². The smallest absolute Gasteiger partial charge is 0.0491 e. The molecule has 0 bridgehead atoms. The van der Waals surface area contributed by atoms with Gasteiger partial charge in [-0.15, -0.1) is 0 Å². The average molecular weight is 447 g/mol. The third-order valence-corrected chi connectivity index (χ3v) is 7.81. The largest absolute Gasteiger partial charge is 0.310 e. The van der Waals surface area contributed by atoms with E-state index in [0.29, 0.717) is 0 Å². The number of nitrogens with zero attached hydrogens (tertiary/aromatic N) is 2. The number of rotatable bonds is 4. The van der Waals surface area contributed by atoms with Crippen molar-refractivity contribution in [1.82, 2.24) is 4.90 Å². The summed E-state index contributed by atoms with van der Waals surface area (Å²) < 4.78 is 0. The molecule has 0 aromatic heterocycles. The van der Waals surface area contributed by atoms with Gasteiger partial charge in [0.1, 0.15) is 0 Å². The number of anilines is 3. The lowest BCUT2D eigenvalue weighted by atomic mass is 9.87. The number of benzene rings is 4. The van der Waals surface area contributed by atoms with E-state index in [4.69, 9.17) is 0 Å². The summed E-state index contributed by atoms with van der Waals surface area (Å²) in [7, 11) is 2.24. The molecule has 1 aliphatic rings. The van der Waals surface area contributed by atoms with Crippen molar-refractivity contribution in [3.05, 3.63) is 114 Å². The van der Waals surface area contributed by atoms with E-state index >= 15 is 0 Å². The van der Waals surface area contributed by atoms with Gasteiger partial charge in [0.25, 0.3) is 0 Å². The molecule has 4 aromatic carbocycles. The molecule has 0 radical (unpaired) electrons. The normalized spacial score (nSPS) is 16.3. The Morgan fingerprint density at radius 3 is 1.65 bits per heavy atom. The minimum Gasteiger partial charge on any atom is -0.310 e. The van der Waals surface area contributed by atoms with Crippen LogP contribution in [-0.4, -0.2) is 11.9 Å². The van der Waals surface area contributed by atoms with Gasteiger partial charge >= 0.3 is 0 Å². The van der Waals surface area contributed by atoms with Gasteiger partial charge in [0.05, 0.1) is 0 Å². The van der Waals surface area contributed by atoms with Crippen LogP contribution in [0.2, 0.25) is 0 Å². The van der Waals surface area contributed by atoms with Crippen molar-refractivity contribution in [1.29, 1.82) is 0 Å². The van der Waals surface area contributed by atoms with E-state index < -0.39 is 0 Å². The maximum Gasteiger partial charge on any atom is 0.0491 e. The lowest BCUT2D eigenvalue weighted by Crippen LogP contribution is -2.42. The quantitative estimate of drug-likeness (QED) is 0.310. The molecule has 0 spiro atoms. The summed E-state index contributed by atoms with van der Waals surface area (Å²) in [6, 6.07) is 35.1. The summed E-state index contributed by atoms with van der Waals surface area (Å²) in [5.41, 5.74) is 10.2. The van der Waals surface area contributed by atoms with Crippen LogP contribution in [0.4, 0.5) is 17.1 Å². The lowest BCUT2D eigenvalue weighted by Gasteiger charge is -2.37. The number of hydrogen-bond donors (Lipinski definition) is 0. The van der Waals surface area contributed by atoms with Crippen LogP contribution in [-0.2, 0) is 11.1 Å². The lowest BCUT2D eigenvalue weighted by molar-refractivity contribution is 0.0730. The van der Waals surface area contributed by atoms with Gasteiger partial charge in [-0.3, -0.25) is 4.90 Å². The topological polar surface area (TPSA) is 6.48 Å². The fourth-order valence-electron chi connectivity index (χ4n) is 5.49. The first-order chi connectivity index (χ1) is 16.2. The van der Waals surface area contributed by atoms with Gasteiger partial charge in [-0.1, -0.05) is 54.6 Å². The Morgan fingerprint density at radius 1 is 0.588 bits per heavy atom.